The number of piperidine rings is 1. The van der Waals surface area contributed by atoms with Crippen LogP contribution < -0.4 is 10.6 Å². The predicted octanol–water partition coefficient (Wildman–Crippen LogP) is 1.89. The molecule has 1 aromatic rings. The maximum Gasteiger partial charge on any atom is 0.135 e. The van der Waals surface area contributed by atoms with E-state index in [-0.39, 0.29) is 5.56 Å². The number of benzene rings is 1. The van der Waals surface area contributed by atoms with Crippen molar-refractivity contribution in [1.29, 1.82) is 0 Å². The van der Waals surface area contributed by atoms with Crippen molar-refractivity contribution in [2.45, 2.75) is 12.5 Å². The molecule has 2 unspecified atom stereocenters. The van der Waals surface area contributed by atoms with E-state index in [1.807, 2.05) is 6.08 Å². The molecule has 0 spiro atoms. The summed E-state index contributed by atoms with van der Waals surface area (Å²) >= 11 is 0. The summed E-state index contributed by atoms with van der Waals surface area (Å²) in [6.45, 7) is 1.83. The molecule has 0 amide bonds. The summed E-state index contributed by atoms with van der Waals surface area (Å²) in [5, 5.41) is 6.52. The summed E-state index contributed by atoms with van der Waals surface area (Å²) < 4.78 is 27.3. The van der Waals surface area contributed by atoms with Crippen molar-refractivity contribution < 1.29 is 8.78 Å². The van der Waals surface area contributed by atoms with E-state index < -0.39 is 11.6 Å². The largest absolute Gasteiger partial charge is 0.381 e. The van der Waals surface area contributed by atoms with E-state index in [2.05, 4.69) is 10.6 Å². The van der Waals surface area contributed by atoms with Gasteiger partial charge in [0, 0.05) is 24.2 Å². The smallest absolute Gasteiger partial charge is 0.135 e. The molecule has 0 radical (unpaired) electrons. The van der Waals surface area contributed by atoms with Crippen LogP contribution >= 0.6 is 0 Å². The first-order valence-corrected chi connectivity index (χ1v) is 5.89. The van der Waals surface area contributed by atoms with Crippen molar-refractivity contribution in [3.63, 3.8) is 0 Å². The highest BCUT2D eigenvalue weighted by molar-refractivity contribution is 5.67. The van der Waals surface area contributed by atoms with Crippen LogP contribution in [0.5, 0.6) is 0 Å². The van der Waals surface area contributed by atoms with Crippen molar-refractivity contribution in [2.24, 2.45) is 5.92 Å². The number of halogens is 2. The van der Waals surface area contributed by atoms with Crippen LogP contribution in [0.1, 0.15) is 12.0 Å². The van der Waals surface area contributed by atoms with Gasteiger partial charge in [0.15, 0.2) is 0 Å². The fourth-order valence-electron chi connectivity index (χ4n) is 2.61. The minimum atomic E-state index is -0.504. The van der Waals surface area contributed by atoms with Crippen molar-refractivity contribution in [3.05, 3.63) is 41.5 Å². The second-order valence-corrected chi connectivity index (χ2v) is 4.58. The molecule has 2 aliphatic heterocycles. The SMILES string of the molecule is Fc1cccc(F)c1C1=CC2CNCCC2N1. The monoisotopic (exact) mass is 236 g/mol. The van der Waals surface area contributed by atoms with E-state index in [1.165, 1.54) is 18.2 Å². The zero-order valence-corrected chi connectivity index (χ0v) is 9.34. The summed E-state index contributed by atoms with van der Waals surface area (Å²) in [4.78, 5) is 0. The fourth-order valence-corrected chi connectivity index (χ4v) is 2.61. The van der Waals surface area contributed by atoms with Gasteiger partial charge in [-0.1, -0.05) is 12.1 Å². The molecule has 4 heteroatoms. The van der Waals surface area contributed by atoms with Gasteiger partial charge >= 0.3 is 0 Å². The van der Waals surface area contributed by atoms with Gasteiger partial charge in [-0.15, -0.1) is 0 Å². The first kappa shape index (κ1) is 10.7. The molecule has 0 aliphatic carbocycles. The molecule has 1 saturated heterocycles. The third kappa shape index (κ3) is 1.82. The minimum absolute atomic E-state index is 0.0712. The van der Waals surface area contributed by atoms with Crippen molar-refractivity contribution in [2.75, 3.05) is 13.1 Å². The molecule has 1 fully saturated rings. The average Bonchev–Trinajstić information content (AvgIpc) is 2.71. The summed E-state index contributed by atoms with van der Waals surface area (Å²) in [5.74, 6) is -0.677. The molecule has 2 N–H and O–H groups in total. The van der Waals surface area contributed by atoms with Gasteiger partial charge in [0.2, 0.25) is 0 Å². The molecule has 1 aromatic carbocycles. The summed E-state index contributed by atoms with van der Waals surface area (Å²) in [7, 11) is 0. The molecular formula is C13H14F2N2. The number of fused-ring (bicyclic) bond motifs is 1. The lowest BCUT2D eigenvalue weighted by Gasteiger charge is -2.26. The lowest BCUT2D eigenvalue weighted by atomic mass is 9.96. The summed E-state index contributed by atoms with van der Waals surface area (Å²) in [6, 6.07) is 4.28. The van der Waals surface area contributed by atoms with Crippen LogP contribution in [0.25, 0.3) is 5.70 Å². The zero-order chi connectivity index (χ0) is 11.8. The van der Waals surface area contributed by atoms with Crippen molar-refractivity contribution in [1.82, 2.24) is 10.6 Å². The van der Waals surface area contributed by atoms with Crippen LogP contribution in [0.4, 0.5) is 8.78 Å². The van der Waals surface area contributed by atoms with Crippen molar-refractivity contribution >= 4 is 5.70 Å². The van der Waals surface area contributed by atoms with Crippen LogP contribution in [-0.4, -0.2) is 19.1 Å². The Morgan fingerprint density at radius 3 is 2.65 bits per heavy atom. The number of hydrogen-bond acceptors (Lipinski definition) is 2. The molecule has 0 bridgehead atoms. The van der Waals surface area contributed by atoms with Crippen molar-refractivity contribution in [3.8, 4) is 0 Å². The minimum Gasteiger partial charge on any atom is -0.381 e. The molecule has 3 rings (SSSR count). The van der Waals surface area contributed by atoms with Crippen LogP contribution in [0.15, 0.2) is 24.3 Å². The highest BCUT2D eigenvalue weighted by atomic mass is 19.1. The molecule has 2 aliphatic rings. The molecule has 2 heterocycles. The average molecular weight is 236 g/mol. The van der Waals surface area contributed by atoms with E-state index in [0.717, 1.165) is 19.5 Å². The Kier molecular flexibility index (Phi) is 2.59. The molecule has 0 saturated carbocycles. The second-order valence-electron chi connectivity index (χ2n) is 4.58. The van der Waals surface area contributed by atoms with Gasteiger partial charge in [0.1, 0.15) is 11.6 Å². The van der Waals surface area contributed by atoms with Crippen LogP contribution in [0.3, 0.4) is 0 Å². The maximum absolute atomic E-state index is 13.6. The zero-order valence-electron chi connectivity index (χ0n) is 9.34. The first-order chi connectivity index (χ1) is 8.25. The van der Waals surface area contributed by atoms with Gasteiger partial charge in [-0.05, 0) is 25.1 Å². The quantitative estimate of drug-likeness (QED) is 0.778. The van der Waals surface area contributed by atoms with Gasteiger partial charge in [-0.3, -0.25) is 0 Å². The highest BCUT2D eigenvalue weighted by Gasteiger charge is 2.31. The van der Waals surface area contributed by atoms with Gasteiger partial charge in [-0.2, -0.15) is 0 Å². The molecule has 2 nitrogen and oxygen atoms in total. The number of nitrogens with one attached hydrogen (secondary N) is 2. The van der Waals surface area contributed by atoms with Gasteiger partial charge in [0.05, 0.1) is 5.56 Å². The van der Waals surface area contributed by atoms with Crippen LogP contribution in [0.2, 0.25) is 0 Å². The molecule has 2 atom stereocenters. The number of hydrogen-bond donors (Lipinski definition) is 2. The normalized spacial score (nSPS) is 27.3. The molecule has 90 valence electrons. The molecular weight excluding hydrogens is 222 g/mol. The van der Waals surface area contributed by atoms with Crippen LogP contribution in [0, 0.1) is 17.6 Å². The van der Waals surface area contributed by atoms with Crippen LogP contribution in [-0.2, 0) is 0 Å². The predicted molar refractivity (Wildman–Crippen MR) is 62.2 cm³/mol. The lowest BCUT2D eigenvalue weighted by Crippen LogP contribution is -2.42. The topological polar surface area (TPSA) is 24.1 Å². The Balaban J connectivity index is 1.95. The Morgan fingerprint density at radius 2 is 1.94 bits per heavy atom. The fraction of sp³-hybridized carbons (Fsp3) is 0.385. The summed E-state index contributed by atoms with van der Waals surface area (Å²) in [6.07, 6.45) is 2.93. The van der Waals surface area contributed by atoms with E-state index in [4.69, 9.17) is 0 Å². The Labute approximate surface area is 98.7 Å². The van der Waals surface area contributed by atoms with Gasteiger partial charge in [0.25, 0.3) is 0 Å². The standard InChI is InChI=1S/C13H14F2N2/c14-9-2-1-3-10(15)13(9)12-6-8-7-16-5-4-11(8)17-12/h1-3,6,8,11,16-17H,4-5,7H2. The second kappa shape index (κ2) is 4.11. The van der Waals surface area contributed by atoms with E-state index in [9.17, 15) is 8.78 Å². The Hall–Kier alpha value is -1.42. The number of rotatable bonds is 1. The van der Waals surface area contributed by atoms with E-state index >= 15 is 0 Å². The first-order valence-electron chi connectivity index (χ1n) is 5.89. The summed E-state index contributed by atoms with van der Waals surface area (Å²) in [5.41, 5.74) is 0.668. The lowest BCUT2D eigenvalue weighted by molar-refractivity contribution is 0.370. The maximum atomic E-state index is 13.6. The molecule has 17 heavy (non-hydrogen) atoms. The third-order valence-electron chi connectivity index (χ3n) is 3.48. The Morgan fingerprint density at radius 1 is 1.18 bits per heavy atom. The van der Waals surface area contributed by atoms with E-state index in [1.54, 1.807) is 0 Å². The highest BCUT2D eigenvalue weighted by Crippen LogP contribution is 2.29. The third-order valence-corrected chi connectivity index (χ3v) is 3.48. The van der Waals surface area contributed by atoms with Gasteiger partial charge < -0.3 is 10.6 Å². The van der Waals surface area contributed by atoms with E-state index in [0.29, 0.717) is 17.7 Å². The molecule has 0 aromatic heterocycles. The Bertz CT molecular complexity index is 450. The van der Waals surface area contributed by atoms with Gasteiger partial charge in [-0.25, -0.2) is 8.78 Å².